The van der Waals surface area contributed by atoms with Gasteiger partial charge < -0.3 is 0 Å². The smallest absolute Gasteiger partial charge is 0.0463 e. The van der Waals surface area contributed by atoms with E-state index in [1.165, 1.54) is 6.42 Å². The third-order valence-electron chi connectivity index (χ3n) is 1.90. The maximum atomic E-state index is 5.99. The predicted molar refractivity (Wildman–Crippen MR) is 50.3 cm³/mol. The van der Waals surface area contributed by atoms with Gasteiger partial charge in [0.2, 0.25) is 0 Å². The van der Waals surface area contributed by atoms with Crippen LogP contribution in [0.4, 0.5) is 0 Å². The van der Waals surface area contributed by atoms with Crippen molar-refractivity contribution in [2.24, 2.45) is 0 Å². The maximum absolute atomic E-state index is 5.99. The van der Waals surface area contributed by atoms with Gasteiger partial charge in [-0.1, -0.05) is 17.7 Å². The van der Waals surface area contributed by atoms with E-state index in [2.05, 4.69) is 4.90 Å². The normalized spacial score (nSPS) is 28.0. The van der Waals surface area contributed by atoms with Crippen molar-refractivity contribution in [1.29, 1.82) is 0 Å². The summed E-state index contributed by atoms with van der Waals surface area (Å²) < 4.78 is 0. The zero-order valence-electron chi connectivity index (χ0n) is 6.47. The fourth-order valence-electron chi connectivity index (χ4n) is 1.35. The summed E-state index contributed by atoms with van der Waals surface area (Å²) in [5, 5.41) is 0.340. The molecule has 1 unspecified atom stereocenters. The lowest BCUT2D eigenvalue weighted by Crippen LogP contribution is -2.35. The lowest BCUT2D eigenvalue weighted by Gasteiger charge is -2.28. The van der Waals surface area contributed by atoms with Crippen LogP contribution in [0.2, 0.25) is 0 Å². The summed E-state index contributed by atoms with van der Waals surface area (Å²) in [6.45, 7) is 3.10. The first-order chi connectivity index (χ1) is 5.33. The van der Waals surface area contributed by atoms with Gasteiger partial charge in [0.25, 0.3) is 0 Å². The molecule has 0 aromatic carbocycles. The standard InChI is InChI=1S/C8H13Cl2N/c9-4-2-6-11-5-1-3-8(10)7-11/h2,4,8H,1,3,5-7H2/b4-2+. The first-order valence-corrected chi connectivity index (χ1v) is 4.82. The quantitative estimate of drug-likeness (QED) is 0.610. The highest BCUT2D eigenvalue weighted by atomic mass is 35.5. The number of hydrogen-bond donors (Lipinski definition) is 0. The van der Waals surface area contributed by atoms with Gasteiger partial charge in [0.05, 0.1) is 0 Å². The highest BCUT2D eigenvalue weighted by molar-refractivity contribution is 6.25. The molecule has 0 aromatic heterocycles. The van der Waals surface area contributed by atoms with Crippen molar-refractivity contribution in [3.8, 4) is 0 Å². The number of rotatable bonds is 2. The number of alkyl halides is 1. The molecule has 0 amide bonds. The van der Waals surface area contributed by atoms with E-state index >= 15 is 0 Å². The molecule has 1 rings (SSSR count). The summed E-state index contributed by atoms with van der Waals surface area (Å²) in [4.78, 5) is 2.32. The molecular weight excluding hydrogens is 181 g/mol. The zero-order chi connectivity index (χ0) is 8.10. The van der Waals surface area contributed by atoms with Gasteiger partial charge in [-0.25, -0.2) is 0 Å². The Morgan fingerprint density at radius 3 is 3.00 bits per heavy atom. The third kappa shape index (κ3) is 3.46. The highest BCUT2D eigenvalue weighted by Gasteiger charge is 2.15. The average molecular weight is 194 g/mol. The largest absolute Gasteiger partial charge is 0.298 e. The zero-order valence-corrected chi connectivity index (χ0v) is 7.98. The van der Waals surface area contributed by atoms with E-state index in [1.807, 2.05) is 6.08 Å². The lowest BCUT2D eigenvalue weighted by molar-refractivity contribution is 0.255. The van der Waals surface area contributed by atoms with Crippen molar-refractivity contribution in [2.75, 3.05) is 19.6 Å². The molecule has 1 aliphatic rings. The Bertz CT molecular complexity index is 136. The summed E-state index contributed by atoms with van der Waals surface area (Å²) in [5.74, 6) is 0. The van der Waals surface area contributed by atoms with E-state index < -0.39 is 0 Å². The fourth-order valence-corrected chi connectivity index (χ4v) is 1.78. The van der Waals surface area contributed by atoms with Crippen LogP contribution in [-0.2, 0) is 0 Å². The van der Waals surface area contributed by atoms with Crippen LogP contribution in [-0.4, -0.2) is 29.9 Å². The van der Waals surface area contributed by atoms with Gasteiger partial charge >= 0.3 is 0 Å². The Morgan fingerprint density at radius 2 is 2.36 bits per heavy atom. The van der Waals surface area contributed by atoms with Crippen molar-refractivity contribution in [1.82, 2.24) is 4.90 Å². The first kappa shape index (κ1) is 9.37. The summed E-state index contributed by atoms with van der Waals surface area (Å²) in [5.41, 5.74) is 1.57. The van der Waals surface area contributed by atoms with Gasteiger partial charge in [-0.15, -0.1) is 11.6 Å². The molecular formula is C8H13Cl2N. The Kier molecular flexibility index (Phi) is 4.28. The molecule has 3 heteroatoms. The third-order valence-corrected chi connectivity index (χ3v) is 2.44. The molecule has 11 heavy (non-hydrogen) atoms. The minimum Gasteiger partial charge on any atom is -0.298 e. The van der Waals surface area contributed by atoms with E-state index in [-0.39, 0.29) is 0 Å². The first-order valence-electron chi connectivity index (χ1n) is 3.94. The summed E-state index contributed by atoms with van der Waals surface area (Å²) >= 11 is 11.4. The van der Waals surface area contributed by atoms with Crippen LogP contribution in [0, 0.1) is 0 Å². The molecule has 0 spiro atoms. The second kappa shape index (κ2) is 5.02. The molecule has 1 fully saturated rings. The second-order valence-corrected chi connectivity index (χ2v) is 3.73. The Labute approximate surface area is 78.0 Å². The Hall–Kier alpha value is 0.280. The van der Waals surface area contributed by atoms with Crippen LogP contribution >= 0.6 is 23.2 Å². The van der Waals surface area contributed by atoms with Crippen molar-refractivity contribution in [3.63, 3.8) is 0 Å². The van der Waals surface area contributed by atoms with E-state index in [1.54, 1.807) is 5.54 Å². The Balaban J connectivity index is 2.22. The SMILES string of the molecule is Cl/C=C/CN1CCCC(Cl)C1. The summed E-state index contributed by atoms with van der Waals surface area (Å²) in [6.07, 6.45) is 4.32. The molecule has 1 saturated heterocycles. The van der Waals surface area contributed by atoms with Crippen LogP contribution in [0.3, 0.4) is 0 Å². The van der Waals surface area contributed by atoms with E-state index in [4.69, 9.17) is 23.2 Å². The lowest BCUT2D eigenvalue weighted by atomic mass is 10.1. The van der Waals surface area contributed by atoms with Crippen molar-refractivity contribution >= 4 is 23.2 Å². The van der Waals surface area contributed by atoms with Crippen molar-refractivity contribution in [2.45, 2.75) is 18.2 Å². The molecule has 0 saturated carbocycles. The number of likely N-dealkylation sites (tertiary alicyclic amines) is 1. The summed E-state index contributed by atoms with van der Waals surface area (Å²) in [7, 11) is 0. The molecule has 0 aromatic rings. The number of nitrogens with zero attached hydrogens (tertiary/aromatic N) is 1. The van der Waals surface area contributed by atoms with Gasteiger partial charge in [-0.3, -0.25) is 4.90 Å². The maximum Gasteiger partial charge on any atom is 0.0463 e. The van der Waals surface area contributed by atoms with Gasteiger partial charge in [-0.05, 0) is 19.4 Å². The van der Waals surface area contributed by atoms with Gasteiger partial charge in [0.1, 0.15) is 0 Å². The average Bonchev–Trinajstić information content (AvgIpc) is 2.01. The van der Waals surface area contributed by atoms with Crippen molar-refractivity contribution in [3.05, 3.63) is 11.6 Å². The van der Waals surface area contributed by atoms with E-state index in [0.29, 0.717) is 5.38 Å². The topological polar surface area (TPSA) is 3.24 Å². The van der Waals surface area contributed by atoms with Crippen LogP contribution in [0.1, 0.15) is 12.8 Å². The van der Waals surface area contributed by atoms with Crippen molar-refractivity contribution < 1.29 is 0 Å². The molecule has 64 valence electrons. The van der Waals surface area contributed by atoms with E-state index in [9.17, 15) is 0 Å². The minimum atomic E-state index is 0.340. The minimum absolute atomic E-state index is 0.340. The molecule has 1 atom stereocenters. The number of piperidine rings is 1. The van der Waals surface area contributed by atoms with Gasteiger partial charge in [-0.2, -0.15) is 0 Å². The molecule has 1 heterocycles. The second-order valence-electron chi connectivity index (χ2n) is 2.86. The molecule has 0 aliphatic carbocycles. The van der Waals surface area contributed by atoms with Crippen LogP contribution in [0.15, 0.2) is 11.6 Å². The van der Waals surface area contributed by atoms with Crippen LogP contribution in [0.25, 0.3) is 0 Å². The Morgan fingerprint density at radius 1 is 1.55 bits per heavy atom. The van der Waals surface area contributed by atoms with Gasteiger partial charge in [0, 0.05) is 24.0 Å². The predicted octanol–water partition coefficient (Wildman–Crippen LogP) is 2.44. The monoisotopic (exact) mass is 193 g/mol. The fraction of sp³-hybridized carbons (Fsp3) is 0.750. The van der Waals surface area contributed by atoms with Crippen LogP contribution < -0.4 is 0 Å². The molecule has 0 radical (unpaired) electrons. The van der Waals surface area contributed by atoms with Gasteiger partial charge in [0.15, 0.2) is 0 Å². The van der Waals surface area contributed by atoms with E-state index in [0.717, 1.165) is 26.1 Å². The summed E-state index contributed by atoms with van der Waals surface area (Å²) in [6, 6.07) is 0. The highest BCUT2D eigenvalue weighted by Crippen LogP contribution is 2.14. The van der Waals surface area contributed by atoms with Crippen LogP contribution in [0.5, 0.6) is 0 Å². The molecule has 1 aliphatic heterocycles. The molecule has 0 bridgehead atoms. The number of hydrogen-bond acceptors (Lipinski definition) is 1. The number of halogens is 2. The molecule has 1 nitrogen and oxygen atoms in total. The molecule has 0 N–H and O–H groups in total.